The summed E-state index contributed by atoms with van der Waals surface area (Å²) in [6.45, 7) is 1.83. The van der Waals surface area contributed by atoms with Crippen LogP contribution in [0.5, 0.6) is 0 Å². The fraction of sp³-hybridized carbons (Fsp3) is 0.258. The van der Waals surface area contributed by atoms with E-state index in [2.05, 4.69) is 36.0 Å². The van der Waals surface area contributed by atoms with Crippen LogP contribution in [0.15, 0.2) is 61.1 Å². The van der Waals surface area contributed by atoms with Crippen LogP contribution in [0, 0.1) is 11.7 Å². The molecule has 0 saturated carbocycles. The van der Waals surface area contributed by atoms with Crippen molar-refractivity contribution in [3.63, 3.8) is 0 Å². The molecule has 0 radical (unpaired) electrons. The maximum atomic E-state index is 14.5. The van der Waals surface area contributed by atoms with Gasteiger partial charge in [0.15, 0.2) is 5.82 Å². The van der Waals surface area contributed by atoms with Gasteiger partial charge in [-0.15, -0.1) is 0 Å². The fourth-order valence-electron chi connectivity index (χ4n) is 4.64. The van der Waals surface area contributed by atoms with Gasteiger partial charge in [-0.05, 0) is 43.2 Å². The van der Waals surface area contributed by atoms with Gasteiger partial charge in [0.25, 0.3) is 5.91 Å². The summed E-state index contributed by atoms with van der Waals surface area (Å²) in [5.74, 6) is -4.35. The van der Waals surface area contributed by atoms with Crippen molar-refractivity contribution in [2.24, 2.45) is 5.92 Å². The van der Waals surface area contributed by atoms with Crippen LogP contribution in [0.1, 0.15) is 48.3 Å². The lowest BCUT2D eigenvalue weighted by atomic mass is 9.96. The lowest BCUT2D eigenvalue weighted by Gasteiger charge is -2.22. The zero-order chi connectivity index (χ0) is 35.9. The van der Waals surface area contributed by atoms with Crippen LogP contribution in [0.25, 0.3) is 16.8 Å². The Kier molecular flexibility index (Phi) is 11.5. The van der Waals surface area contributed by atoms with Gasteiger partial charge in [-0.3, -0.25) is 14.9 Å². The van der Waals surface area contributed by atoms with Crippen LogP contribution in [0.4, 0.5) is 33.7 Å². The number of amides is 3. The summed E-state index contributed by atoms with van der Waals surface area (Å²) < 4.78 is 52.2. The van der Waals surface area contributed by atoms with E-state index in [0.717, 1.165) is 0 Å². The zero-order valence-corrected chi connectivity index (χ0v) is 26.5. The molecule has 0 saturated heterocycles. The number of fused-ring (bicyclic) bond motifs is 4. The van der Waals surface area contributed by atoms with Crippen molar-refractivity contribution in [3.8, 4) is 16.8 Å². The second-order valence-corrected chi connectivity index (χ2v) is 11.0. The molecule has 0 fully saturated rings. The summed E-state index contributed by atoms with van der Waals surface area (Å²) in [6, 6.07) is 10.9. The molecule has 2 aromatic heterocycles. The highest BCUT2D eigenvalue weighted by molar-refractivity contribution is 6.30. The number of carbonyl (C=O) groups is 4. The standard InChI is InChI=1S/C29H27ClFN7O4.C2HF3O2/c1-16-5-3-7-22(35-28(40)18-14-33-38(15-18)25-8-4-6-21(30)26(25)31)24-11-17(13-32-37-24)20-10-9-19(34-29(41)42-2)12-23(20)36-27(16)39;3-2(4,5)1(6)7/h4,6,8-16,22H,3,5,7H2,1-2H3,(H,34,41)(H,35,40)(H,36,39);(H,6,7)/t16?,22-;/m0./s1. The first-order valence-corrected chi connectivity index (χ1v) is 14.8. The average molecular weight is 706 g/mol. The molecule has 1 aliphatic rings. The lowest BCUT2D eigenvalue weighted by molar-refractivity contribution is -0.192. The molecule has 1 unspecified atom stereocenters. The van der Waals surface area contributed by atoms with E-state index in [1.165, 1.54) is 36.3 Å². The molecule has 13 nitrogen and oxygen atoms in total. The highest BCUT2D eigenvalue weighted by Crippen LogP contribution is 2.33. The molecule has 1 aliphatic heterocycles. The quantitative estimate of drug-likeness (QED) is 0.181. The number of ether oxygens (including phenoxy) is 1. The van der Waals surface area contributed by atoms with Crippen molar-refractivity contribution in [1.29, 1.82) is 0 Å². The van der Waals surface area contributed by atoms with Crippen molar-refractivity contribution in [3.05, 3.63) is 83.2 Å². The first kappa shape index (κ1) is 36.3. The molecule has 2 bridgehead atoms. The highest BCUT2D eigenvalue weighted by Gasteiger charge is 2.38. The Morgan fingerprint density at radius 3 is 2.55 bits per heavy atom. The Morgan fingerprint density at radius 2 is 1.86 bits per heavy atom. The maximum Gasteiger partial charge on any atom is 0.490 e. The van der Waals surface area contributed by atoms with E-state index < -0.39 is 36.0 Å². The van der Waals surface area contributed by atoms with E-state index in [1.54, 1.807) is 36.5 Å². The number of carbonyl (C=O) groups excluding carboxylic acids is 3. The van der Waals surface area contributed by atoms with Crippen molar-refractivity contribution >= 4 is 46.9 Å². The number of carboxylic acid groups (broad SMARTS) is 1. The second kappa shape index (κ2) is 15.5. The number of hydrogen-bond donors (Lipinski definition) is 4. The molecular weight excluding hydrogens is 678 g/mol. The third-order valence-corrected chi connectivity index (χ3v) is 7.49. The van der Waals surface area contributed by atoms with Gasteiger partial charge in [-0.25, -0.2) is 18.7 Å². The molecule has 4 N–H and O–H groups in total. The summed E-state index contributed by atoms with van der Waals surface area (Å²) in [4.78, 5) is 47.0. The molecule has 49 heavy (non-hydrogen) atoms. The van der Waals surface area contributed by atoms with E-state index >= 15 is 0 Å². The minimum Gasteiger partial charge on any atom is -0.475 e. The number of methoxy groups -OCH3 is 1. The fourth-order valence-corrected chi connectivity index (χ4v) is 4.81. The molecular formula is C31H28ClF4N7O6. The van der Waals surface area contributed by atoms with Crippen LogP contribution in [-0.2, 0) is 14.3 Å². The predicted octanol–water partition coefficient (Wildman–Crippen LogP) is 6.16. The summed E-state index contributed by atoms with van der Waals surface area (Å²) in [7, 11) is 1.26. The van der Waals surface area contributed by atoms with E-state index in [-0.39, 0.29) is 28.1 Å². The Balaban J connectivity index is 0.000000698. The van der Waals surface area contributed by atoms with Gasteiger partial charge >= 0.3 is 18.2 Å². The number of benzene rings is 2. The Hall–Kier alpha value is -5.58. The third-order valence-electron chi connectivity index (χ3n) is 7.20. The van der Waals surface area contributed by atoms with Gasteiger partial charge < -0.3 is 20.5 Å². The minimum absolute atomic E-state index is 0.0545. The summed E-state index contributed by atoms with van der Waals surface area (Å²) >= 11 is 5.90. The van der Waals surface area contributed by atoms with Crippen molar-refractivity contribution < 1.29 is 46.6 Å². The predicted molar refractivity (Wildman–Crippen MR) is 168 cm³/mol. The smallest absolute Gasteiger partial charge is 0.475 e. The van der Waals surface area contributed by atoms with Gasteiger partial charge in [-0.1, -0.05) is 37.1 Å². The number of rotatable bonds is 4. The second-order valence-electron chi connectivity index (χ2n) is 10.6. The monoisotopic (exact) mass is 705 g/mol. The van der Waals surface area contributed by atoms with Crippen LogP contribution in [0.2, 0.25) is 5.02 Å². The van der Waals surface area contributed by atoms with Crippen molar-refractivity contribution in [2.45, 2.75) is 38.4 Å². The summed E-state index contributed by atoms with van der Waals surface area (Å²) in [5.41, 5.74) is 3.06. The molecule has 5 rings (SSSR count). The topological polar surface area (TPSA) is 177 Å². The summed E-state index contributed by atoms with van der Waals surface area (Å²) in [5, 5.41) is 28.2. The first-order chi connectivity index (χ1) is 23.2. The molecule has 3 amide bonds. The number of aromatic nitrogens is 4. The molecule has 3 heterocycles. The number of carboxylic acids is 1. The molecule has 2 aromatic carbocycles. The molecule has 4 aromatic rings. The maximum absolute atomic E-state index is 14.5. The van der Waals surface area contributed by atoms with Gasteiger partial charge in [0.1, 0.15) is 5.69 Å². The van der Waals surface area contributed by atoms with Crippen molar-refractivity contribution in [1.82, 2.24) is 25.3 Å². The van der Waals surface area contributed by atoms with E-state index in [1.807, 2.05) is 6.92 Å². The number of hydrogen-bond acceptors (Lipinski definition) is 8. The van der Waals surface area contributed by atoms with E-state index in [9.17, 15) is 31.9 Å². The number of alkyl halides is 3. The number of aliphatic carboxylic acids is 1. The highest BCUT2D eigenvalue weighted by atomic mass is 35.5. The average Bonchev–Trinajstić information content (AvgIpc) is 3.55. The third kappa shape index (κ3) is 9.28. The molecule has 258 valence electrons. The van der Waals surface area contributed by atoms with Crippen LogP contribution in [0.3, 0.4) is 0 Å². The first-order valence-electron chi connectivity index (χ1n) is 14.4. The Morgan fingerprint density at radius 1 is 1.12 bits per heavy atom. The van der Waals surface area contributed by atoms with Crippen LogP contribution in [-0.4, -0.2) is 62.2 Å². The Bertz CT molecular complexity index is 1870. The summed E-state index contributed by atoms with van der Waals surface area (Å²) in [6.07, 6.45) is 0.243. The molecule has 0 spiro atoms. The van der Waals surface area contributed by atoms with E-state index in [4.69, 9.17) is 21.5 Å². The zero-order valence-electron chi connectivity index (χ0n) is 25.7. The largest absolute Gasteiger partial charge is 0.490 e. The normalized spacial score (nSPS) is 15.9. The Labute approximate surface area is 280 Å². The molecule has 0 aliphatic carbocycles. The number of nitrogens with one attached hydrogen (secondary N) is 3. The van der Waals surface area contributed by atoms with Crippen LogP contribution >= 0.6 is 11.6 Å². The SMILES string of the molecule is COC(=O)Nc1ccc2c(c1)NC(=O)C(C)CCC[C@H](NC(=O)c1cnn(-c3cccc(Cl)c3F)c1)c1cc-2cnn1.O=C(O)C(F)(F)F. The molecule has 2 atom stereocenters. The lowest BCUT2D eigenvalue weighted by Crippen LogP contribution is -2.30. The van der Waals surface area contributed by atoms with Crippen molar-refractivity contribution in [2.75, 3.05) is 17.7 Å². The van der Waals surface area contributed by atoms with Gasteiger partial charge in [0.2, 0.25) is 5.91 Å². The minimum atomic E-state index is -5.08. The molecule has 18 heteroatoms. The van der Waals surface area contributed by atoms with Gasteiger partial charge in [0.05, 0.1) is 47.5 Å². The van der Waals surface area contributed by atoms with E-state index in [0.29, 0.717) is 47.5 Å². The number of nitrogens with zero attached hydrogens (tertiary/aromatic N) is 4. The van der Waals surface area contributed by atoms with Gasteiger partial charge in [0, 0.05) is 28.9 Å². The number of anilines is 2. The number of halogens is 5. The van der Waals surface area contributed by atoms with Crippen LogP contribution < -0.4 is 16.0 Å². The van der Waals surface area contributed by atoms with Gasteiger partial charge in [-0.2, -0.15) is 28.5 Å².